The number of nitrogens with zero attached hydrogens (tertiary/aromatic N) is 1. The molecule has 1 saturated heterocycles. The highest BCUT2D eigenvalue weighted by molar-refractivity contribution is 6.31. The second-order valence-electron chi connectivity index (χ2n) is 6.93. The Kier molecular flexibility index (Phi) is 4.25. The Morgan fingerprint density at radius 1 is 1.19 bits per heavy atom. The minimum Gasteiger partial charge on any atom is -0.379 e. The Morgan fingerprint density at radius 2 is 2.00 bits per heavy atom. The number of anilines is 1. The van der Waals surface area contributed by atoms with E-state index in [1.54, 1.807) is 17.7 Å². The van der Waals surface area contributed by atoms with Crippen LogP contribution in [0.5, 0.6) is 0 Å². The van der Waals surface area contributed by atoms with E-state index in [1.165, 1.54) is 0 Å². The largest absolute Gasteiger partial charge is 0.379 e. The van der Waals surface area contributed by atoms with Crippen LogP contribution in [-0.4, -0.2) is 17.8 Å². The topological polar surface area (TPSA) is 43.3 Å². The lowest BCUT2D eigenvalue weighted by molar-refractivity contribution is 0.182. The first-order valence-electron chi connectivity index (χ1n) is 8.71. The van der Waals surface area contributed by atoms with Crippen LogP contribution in [0.15, 0.2) is 53.3 Å². The molecule has 134 valence electrons. The number of benzene rings is 2. The maximum Gasteiger partial charge on any atom is 0.250 e. The molecule has 0 radical (unpaired) electrons. The van der Waals surface area contributed by atoms with Crippen LogP contribution in [0.4, 0.5) is 5.69 Å². The number of fused-ring (bicyclic) bond motifs is 1. The molecule has 1 aliphatic heterocycles. The lowest BCUT2D eigenvalue weighted by Crippen LogP contribution is -2.36. The van der Waals surface area contributed by atoms with E-state index in [-0.39, 0.29) is 11.1 Å². The molecule has 1 aromatic heterocycles. The number of halogens is 1. The van der Waals surface area contributed by atoms with Crippen molar-refractivity contribution in [2.24, 2.45) is 7.05 Å². The van der Waals surface area contributed by atoms with Crippen molar-refractivity contribution in [3.05, 3.63) is 75.0 Å². The predicted octanol–water partition coefficient (Wildman–Crippen LogP) is 4.23. The molecule has 0 amide bonds. The van der Waals surface area contributed by atoms with E-state index in [4.69, 9.17) is 16.3 Å². The minimum absolute atomic E-state index is 0.0146. The Hall–Kier alpha value is -2.30. The minimum atomic E-state index is -0.323. The van der Waals surface area contributed by atoms with Crippen molar-refractivity contribution in [3.8, 4) is 0 Å². The van der Waals surface area contributed by atoms with Crippen molar-refractivity contribution >= 4 is 28.2 Å². The van der Waals surface area contributed by atoms with Gasteiger partial charge in [0.25, 0.3) is 5.56 Å². The van der Waals surface area contributed by atoms with Crippen LogP contribution in [0.2, 0.25) is 5.02 Å². The second kappa shape index (κ2) is 6.45. The Balaban J connectivity index is 1.80. The zero-order valence-corrected chi connectivity index (χ0v) is 15.6. The molecule has 1 N–H and O–H groups in total. The summed E-state index contributed by atoms with van der Waals surface area (Å²) in [6, 6.07) is 15.6. The highest BCUT2D eigenvalue weighted by atomic mass is 35.5. The molecule has 4 nitrogen and oxygen atoms in total. The molecule has 1 aliphatic rings. The van der Waals surface area contributed by atoms with Gasteiger partial charge in [-0.15, -0.1) is 0 Å². The van der Waals surface area contributed by atoms with Crippen LogP contribution in [-0.2, 0) is 17.3 Å². The monoisotopic (exact) mass is 368 g/mol. The molecular weight excluding hydrogens is 348 g/mol. The van der Waals surface area contributed by atoms with Crippen molar-refractivity contribution < 1.29 is 4.74 Å². The normalized spacial score (nSPS) is 19.8. The van der Waals surface area contributed by atoms with Gasteiger partial charge in [-0.2, -0.15) is 0 Å². The van der Waals surface area contributed by atoms with Crippen LogP contribution in [0.1, 0.15) is 17.5 Å². The number of ether oxygens (including phenoxy) is 1. The zero-order valence-electron chi connectivity index (χ0n) is 14.9. The molecule has 26 heavy (non-hydrogen) atoms. The summed E-state index contributed by atoms with van der Waals surface area (Å²) in [6.45, 7) is 3.33. The second-order valence-corrected chi connectivity index (χ2v) is 7.33. The van der Waals surface area contributed by atoms with Gasteiger partial charge in [0.15, 0.2) is 0 Å². The maximum atomic E-state index is 12.0. The molecule has 2 aromatic carbocycles. The SMILES string of the molecule is Cc1c(Cl)cccc1C1(Nc2ccc3ccc(=O)n(C)c3c2)CCOC1. The summed E-state index contributed by atoms with van der Waals surface area (Å²) in [7, 11) is 1.80. The first-order valence-corrected chi connectivity index (χ1v) is 9.09. The summed E-state index contributed by atoms with van der Waals surface area (Å²) in [5, 5.41) is 5.47. The number of nitrogens with one attached hydrogen (secondary N) is 1. The van der Waals surface area contributed by atoms with Crippen LogP contribution >= 0.6 is 11.6 Å². The fourth-order valence-electron chi connectivity index (χ4n) is 3.79. The number of aromatic nitrogens is 1. The van der Waals surface area contributed by atoms with Crippen molar-refractivity contribution in [2.45, 2.75) is 18.9 Å². The van der Waals surface area contributed by atoms with Crippen LogP contribution in [0, 0.1) is 6.92 Å². The quantitative estimate of drug-likeness (QED) is 0.752. The van der Waals surface area contributed by atoms with Crippen molar-refractivity contribution in [2.75, 3.05) is 18.5 Å². The van der Waals surface area contributed by atoms with E-state index in [9.17, 15) is 4.79 Å². The van der Waals surface area contributed by atoms with Gasteiger partial charge in [-0.05, 0) is 47.7 Å². The van der Waals surface area contributed by atoms with Gasteiger partial charge in [0.1, 0.15) is 0 Å². The number of hydrogen-bond acceptors (Lipinski definition) is 3. The van der Waals surface area contributed by atoms with Crippen molar-refractivity contribution in [1.29, 1.82) is 0 Å². The Morgan fingerprint density at radius 3 is 2.77 bits per heavy atom. The summed E-state index contributed by atoms with van der Waals surface area (Å²) in [4.78, 5) is 12.0. The number of aryl methyl sites for hydroxylation is 1. The molecule has 1 fully saturated rings. The molecule has 1 unspecified atom stereocenters. The van der Waals surface area contributed by atoms with Gasteiger partial charge < -0.3 is 14.6 Å². The van der Waals surface area contributed by atoms with Crippen LogP contribution in [0.3, 0.4) is 0 Å². The van der Waals surface area contributed by atoms with Crippen LogP contribution in [0.25, 0.3) is 10.9 Å². The summed E-state index contributed by atoms with van der Waals surface area (Å²) < 4.78 is 7.42. The van der Waals surface area contributed by atoms with E-state index in [1.807, 2.05) is 43.3 Å². The highest BCUT2D eigenvalue weighted by Crippen LogP contribution is 2.38. The number of rotatable bonds is 3. The highest BCUT2D eigenvalue weighted by Gasteiger charge is 2.38. The first-order chi connectivity index (χ1) is 12.5. The molecule has 2 heterocycles. The zero-order chi connectivity index (χ0) is 18.3. The third kappa shape index (κ3) is 2.79. The van der Waals surface area contributed by atoms with E-state index in [0.717, 1.165) is 39.2 Å². The molecule has 0 saturated carbocycles. The van der Waals surface area contributed by atoms with Gasteiger partial charge in [0.05, 0.1) is 17.7 Å². The standard InChI is InChI=1S/C21H21ClN2O2/c1-14-17(4-3-5-18(14)22)21(10-11-26-13-21)23-16-8-6-15-7-9-20(25)24(2)19(15)12-16/h3-9,12,23H,10-11,13H2,1-2H3. The van der Waals surface area contributed by atoms with Gasteiger partial charge in [-0.3, -0.25) is 4.79 Å². The predicted molar refractivity (Wildman–Crippen MR) is 106 cm³/mol. The number of pyridine rings is 1. The first kappa shape index (κ1) is 17.1. The average molecular weight is 369 g/mol. The third-order valence-electron chi connectivity index (χ3n) is 5.32. The fourth-order valence-corrected chi connectivity index (χ4v) is 3.96. The van der Waals surface area contributed by atoms with Crippen molar-refractivity contribution in [3.63, 3.8) is 0 Å². The van der Waals surface area contributed by atoms with Gasteiger partial charge in [0.2, 0.25) is 0 Å². The summed E-state index contributed by atoms with van der Waals surface area (Å²) in [5.74, 6) is 0. The fraction of sp³-hybridized carbons (Fsp3) is 0.286. The van der Waals surface area contributed by atoms with Gasteiger partial charge in [-0.1, -0.05) is 29.8 Å². The molecule has 0 aliphatic carbocycles. The van der Waals surface area contributed by atoms with Crippen LogP contribution < -0.4 is 10.9 Å². The summed E-state index contributed by atoms with van der Waals surface area (Å²) in [6.07, 6.45) is 0.861. The number of hydrogen-bond donors (Lipinski definition) is 1. The van der Waals surface area contributed by atoms with E-state index in [0.29, 0.717) is 13.2 Å². The lowest BCUT2D eigenvalue weighted by atomic mass is 9.85. The molecule has 5 heteroatoms. The average Bonchev–Trinajstić information content (AvgIpc) is 3.10. The molecular formula is C21H21ClN2O2. The molecule has 1 atom stereocenters. The smallest absolute Gasteiger partial charge is 0.250 e. The Labute approximate surface area is 157 Å². The van der Waals surface area contributed by atoms with Crippen molar-refractivity contribution in [1.82, 2.24) is 4.57 Å². The molecule has 3 aromatic rings. The van der Waals surface area contributed by atoms with E-state index < -0.39 is 0 Å². The molecule has 4 rings (SSSR count). The van der Waals surface area contributed by atoms with Gasteiger partial charge in [0, 0.05) is 36.9 Å². The van der Waals surface area contributed by atoms with E-state index >= 15 is 0 Å². The maximum absolute atomic E-state index is 12.0. The molecule has 0 spiro atoms. The van der Waals surface area contributed by atoms with E-state index in [2.05, 4.69) is 11.4 Å². The lowest BCUT2D eigenvalue weighted by Gasteiger charge is -2.32. The van der Waals surface area contributed by atoms with Gasteiger partial charge >= 0.3 is 0 Å². The Bertz CT molecular complexity index is 1040. The summed E-state index contributed by atoms with van der Waals surface area (Å²) in [5.41, 5.74) is 3.75. The summed E-state index contributed by atoms with van der Waals surface area (Å²) >= 11 is 6.37. The van der Waals surface area contributed by atoms with Gasteiger partial charge in [-0.25, -0.2) is 0 Å². The third-order valence-corrected chi connectivity index (χ3v) is 5.73. The molecule has 0 bridgehead atoms.